The maximum absolute atomic E-state index is 14.7. The van der Waals surface area contributed by atoms with Gasteiger partial charge in [0.15, 0.2) is 6.10 Å². The van der Waals surface area contributed by atoms with Crippen LogP contribution in [0.3, 0.4) is 0 Å². The van der Waals surface area contributed by atoms with Crippen molar-refractivity contribution >= 4 is 11.8 Å². The molecule has 2 aromatic heterocycles. The molecule has 150 valence electrons. The first-order valence-electron chi connectivity index (χ1n) is 8.61. The molecule has 4 rings (SSSR count). The van der Waals surface area contributed by atoms with Crippen molar-refractivity contribution in [3.63, 3.8) is 0 Å². The van der Waals surface area contributed by atoms with E-state index in [0.29, 0.717) is 22.6 Å². The van der Waals surface area contributed by atoms with E-state index in [4.69, 9.17) is 9.94 Å². The fourth-order valence-corrected chi connectivity index (χ4v) is 3.01. The van der Waals surface area contributed by atoms with E-state index in [9.17, 15) is 14.4 Å². The molecular weight excluding hydrogens is 385 g/mol. The third kappa shape index (κ3) is 3.89. The second-order valence-corrected chi connectivity index (χ2v) is 6.41. The zero-order chi connectivity index (χ0) is 20.5. The molecule has 0 saturated carbocycles. The zero-order valence-corrected chi connectivity index (χ0v) is 15.2. The average molecular weight is 401 g/mol. The summed E-state index contributed by atoms with van der Waals surface area (Å²) in [7, 11) is 1.64. The van der Waals surface area contributed by atoms with Gasteiger partial charge in [0.2, 0.25) is 5.82 Å². The molecule has 3 heterocycles. The van der Waals surface area contributed by atoms with Crippen LogP contribution in [-0.4, -0.2) is 55.7 Å². The Morgan fingerprint density at radius 1 is 1.38 bits per heavy atom. The molecule has 29 heavy (non-hydrogen) atoms. The Morgan fingerprint density at radius 2 is 2.21 bits per heavy atom. The molecule has 3 aromatic rings. The monoisotopic (exact) mass is 401 g/mol. The van der Waals surface area contributed by atoms with Crippen LogP contribution in [0.2, 0.25) is 0 Å². The third-order valence-electron chi connectivity index (χ3n) is 4.35. The summed E-state index contributed by atoms with van der Waals surface area (Å²) in [5, 5.41) is 30.2. The molecule has 1 saturated heterocycles. The summed E-state index contributed by atoms with van der Waals surface area (Å²) >= 11 is 0. The number of ether oxygens (including phenoxy) is 1. The molecule has 1 aliphatic rings. The van der Waals surface area contributed by atoms with Gasteiger partial charge in [0.05, 0.1) is 19.3 Å². The highest BCUT2D eigenvalue weighted by atomic mass is 19.1. The number of aryl methyl sites for hydroxylation is 1. The maximum Gasteiger partial charge on any atom is 0.414 e. The second kappa shape index (κ2) is 7.50. The highest BCUT2D eigenvalue weighted by molar-refractivity contribution is 5.90. The van der Waals surface area contributed by atoms with E-state index in [1.807, 2.05) is 0 Å². The summed E-state index contributed by atoms with van der Waals surface area (Å²) in [6, 6.07) is 7.65. The number of aromatic nitrogens is 5. The number of nitrogens with zero attached hydrogens (tertiary/aromatic N) is 6. The van der Waals surface area contributed by atoms with Gasteiger partial charge in [-0.3, -0.25) is 9.88 Å². The van der Waals surface area contributed by atoms with Gasteiger partial charge in [0.1, 0.15) is 18.1 Å². The van der Waals surface area contributed by atoms with Crippen LogP contribution in [0.5, 0.6) is 0 Å². The topological polar surface area (TPSA) is 134 Å². The minimum Gasteiger partial charge on any atom is -0.600 e. The van der Waals surface area contributed by atoms with Gasteiger partial charge in [-0.25, -0.2) is 19.6 Å². The molecule has 12 heteroatoms. The third-order valence-corrected chi connectivity index (χ3v) is 4.35. The SMILES string of the molecule is Cn1nnc(-c2ccc(-c3ccc(N4C[C@H](C[NH+]([O-])O)OC4=O)cc3F)cn2)n1. The molecule has 2 N–H and O–H groups in total. The van der Waals surface area contributed by atoms with E-state index in [0.717, 1.165) is 0 Å². The van der Waals surface area contributed by atoms with Crippen LogP contribution in [0.4, 0.5) is 14.9 Å². The normalized spacial score (nSPS) is 17.4. The fourth-order valence-electron chi connectivity index (χ4n) is 3.01. The van der Waals surface area contributed by atoms with Crippen LogP contribution in [-0.2, 0) is 11.8 Å². The summed E-state index contributed by atoms with van der Waals surface area (Å²) in [6.07, 6.45) is 0.0247. The van der Waals surface area contributed by atoms with E-state index >= 15 is 0 Å². The van der Waals surface area contributed by atoms with Gasteiger partial charge in [0.25, 0.3) is 0 Å². The van der Waals surface area contributed by atoms with Crippen molar-refractivity contribution in [2.45, 2.75) is 6.10 Å². The van der Waals surface area contributed by atoms with E-state index in [2.05, 4.69) is 20.4 Å². The number of quaternary nitrogens is 1. The number of carbonyl (C=O) groups is 1. The van der Waals surface area contributed by atoms with Gasteiger partial charge in [-0.05, 0) is 29.5 Å². The first-order chi connectivity index (χ1) is 13.9. The number of hydrogen-bond acceptors (Lipinski definition) is 8. The van der Waals surface area contributed by atoms with Crippen molar-refractivity contribution in [2.24, 2.45) is 7.05 Å². The average Bonchev–Trinajstić information content (AvgIpc) is 3.27. The number of hydroxylamine groups is 2. The minimum atomic E-state index is -1.07. The molecule has 0 aliphatic carbocycles. The number of rotatable bonds is 5. The zero-order valence-electron chi connectivity index (χ0n) is 15.2. The van der Waals surface area contributed by atoms with E-state index in [1.165, 1.54) is 28.0 Å². The number of benzene rings is 1. The molecular formula is C17H16FN7O4. The summed E-state index contributed by atoms with van der Waals surface area (Å²) in [4.78, 5) is 18.7. The maximum atomic E-state index is 14.7. The first kappa shape index (κ1) is 18.9. The van der Waals surface area contributed by atoms with Crippen molar-refractivity contribution in [1.82, 2.24) is 25.2 Å². The number of anilines is 1. The molecule has 11 nitrogen and oxygen atoms in total. The quantitative estimate of drug-likeness (QED) is 0.578. The molecule has 1 aliphatic heterocycles. The Labute approximate surface area is 163 Å². The minimum absolute atomic E-state index is 0.0469. The number of amides is 1. The van der Waals surface area contributed by atoms with Crippen molar-refractivity contribution in [3.05, 3.63) is 47.6 Å². The van der Waals surface area contributed by atoms with Crippen LogP contribution in [0.25, 0.3) is 22.6 Å². The number of halogens is 1. The number of tetrazole rings is 1. The van der Waals surface area contributed by atoms with Gasteiger partial charge in [-0.1, -0.05) is 6.07 Å². The fraction of sp³-hybridized carbons (Fsp3) is 0.235. The van der Waals surface area contributed by atoms with E-state index in [-0.39, 0.29) is 18.8 Å². The molecule has 2 atom stereocenters. The lowest BCUT2D eigenvalue weighted by atomic mass is 10.1. The Balaban J connectivity index is 1.54. The predicted octanol–water partition coefficient (Wildman–Crippen LogP) is 0.175. The lowest BCUT2D eigenvalue weighted by Crippen LogP contribution is -3.06. The van der Waals surface area contributed by atoms with Crippen LogP contribution < -0.4 is 10.1 Å². The van der Waals surface area contributed by atoms with Gasteiger partial charge in [0, 0.05) is 17.3 Å². The first-order valence-corrected chi connectivity index (χ1v) is 8.61. The van der Waals surface area contributed by atoms with Crippen molar-refractivity contribution < 1.29 is 24.4 Å². The highest BCUT2D eigenvalue weighted by Crippen LogP contribution is 2.29. The van der Waals surface area contributed by atoms with Crippen LogP contribution in [0.15, 0.2) is 36.5 Å². The molecule has 1 aromatic carbocycles. The predicted molar refractivity (Wildman–Crippen MR) is 96.0 cm³/mol. The van der Waals surface area contributed by atoms with Crippen molar-refractivity contribution in [3.8, 4) is 22.6 Å². The van der Waals surface area contributed by atoms with Gasteiger partial charge >= 0.3 is 6.09 Å². The number of carbonyl (C=O) groups excluding carboxylic acids is 1. The molecule has 1 amide bonds. The lowest BCUT2D eigenvalue weighted by Gasteiger charge is -2.16. The van der Waals surface area contributed by atoms with E-state index in [1.54, 1.807) is 25.2 Å². The van der Waals surface area contributed by atoms with Crippen LogP contribution in [0.1, 0.15) is 0 Å². The van der Waals surface area contributed by atoms with Crippen LogP contribution in [0, 0.1) is 11.0 Å². The molecule has 0 spiro atoms. The highest BCUT2D eigenvalue weighted by Gasteiger charge is 2.34. The Kier molecular flexibility index (Phi) is 4.88. The molecule has 1 unspecified atom stereocenters. The summed E-state index contributed by atoms with van der Waals surface area (Å²) in [5.74, 6) is -0.192. The Morgan fingerprint density at radius 3 is 2.83 bits per heavy atom. The van der Waals surface area contributed by atoms with Crippen molar-refractivity contribution in [2.75, 3.05) is 18.0 Å². The molecule has 1 fully saturated rings. The number of hydrogen-bond donors (Lipinski definition) is 2. The molecule has 0 bridgehead atoms. The summed E-state index contributed by atoms with van der Waals surface area (Å²) < 4.78 is 19.7. The van der Waals surface area contributed by atoms with E-state index < -0.39 is 23.2 Å². The second-order valence-electron chi connectivity index (χ2n) is 6.41. The number of nitrogens with one attached hydrogen (secondary N) is 1. The van der Waals surface area contributed by atoms with Gasteiger partial charge in [-0.2, -0.15) is 4.80 Å². The van der Waals surface area contributed by atoms with Crippen molar-refractivity contribution in [1.29, 1.82) is 0 Å². The number of cyclic esters (lactones) is 1. The van der Waals surface area contributed by atoms with Gasteiger partial charge < -0.3 is 9.94 Å². The lowest BCUT2D eigenvalue weighted by molar-refractivity contribution is -1.05. The standard InChI is InChI=1S/C17H16FN7O4/c1-23-21-16(20-22-23)15-5-2-10(7-19-15)13-4-3-11(6-14(13)18)24-8-12(9-25(27)28)29-17(24)26/h2-7,12,25,27H,8-9H2,1H3/t12-/m1/s1. The summed E-state index contributed by atoms with van der Waals surface area (Å²) in [6.45, 7) is -0.257. The molecule has 0 radical (unpaired) electrons. The largest absolute Gasteiger partial charge is 0.600 e. The van der Waals surface area contributed by atoms with Crippen LogP contribution >= 0.6 is 0 Å². The smallest absolute Gasteiger partial charge is 0.414 e. The summed E-state index contributed by atoms with van der Waals surface area (Å²) in [5.41, 5.74) is 1.63. The number of pyridine rings is 1. The van der Waals surface area contributed by atoms with Gasteiger partial charge in [-0.15, -0.1) is 10.2 Å². The Hall–Kier alpha value is -3.48. The Bertz CT molecular complexity index is 1040.